The number of hydrogen-bond acceptors (Lipinski definition) is 5. The molecule has 2 aromatic carbocycles. The molecule has 2 fully saturated rings. The van der Waals surface area contributed by atoms with Gasteiger partial charge in [0.25, 0.3) is 5.91 Å². The number of nitrogens with zero attached hydrogens (tertiary/aromatic N) is 3. The Labute approximate surface area is 210 Å². The third-order valence-electron chi connectivity index (χ3n) is 6.39. The van der Waals surface area contributed by atoms with E-state index in [4.69, 9.17) is 16.3 Å². The first-order valence-electron chi connectivity index (χ1n) is 11.9. The van der Waals surface area contributed by atoms with Gasteiger partial charge < -0.3 is 14.2 Å². The smallest absolute Gasteiger partial charge is 0.254 e. The summed E-state index contributed by atoms with van der Waals surface area (Å²) in [7, 11) is -3.66. The maximum Gasteiger partial charge on any atom is 0.254 e. The van der Waals surface area contributed by atoms with Gasteiger partial charge in [0.1, 0.15) is 0 Å². The topological polar surface area (TPSA) is 81.5 Å². The van der Waals surface area contributed by atoms with Crippen LogP contribution < -0.4 is 0 Å². The highest BCUT2D eigenvalue weighted by atomic mass is 35.5. The molecule has 0 unspecified atom stereocenters. The molecule has 3 aromatic rings. The zero-order chi connectivity index (χ0) is 24.4. The van der Waals surface area contributed by atoms with Crippen LogP contribution in [0.5, 0.6) is 0 Å². The summed E-state index contributed by atoms with van der Waals surface area (Å²) in [4.78, 5) is 19.6. The minimum absolute atomic E-state index is 0.0447. The average Bonchev–Trinajstić information content (AvgIpc) is 3.37. The summed E-state index contributed by atoms with van der Waals surface area (Å²) in [5.41, 5.74) is 1.92. The van der Waals surface area contributed by atoms with E-state index in [1.54, 1.807) is 47.5 Å². The third kappa shape index (κ3) is 5.60. The van der Waals surface area contributed by atoms with E-state index in [-0.39, 0.29) is 35.5 Å². The van der Waals surface area contributed by atoms with E-state index in [1.807, 2.05) is 22.8 Å². The number of carbonyl (C=O) groups excluding carboxylic acids is 1. The number of imidazole rings is 1. The van der Waals surface area contributed by atoms with Gasteiger partial charge in [-0.1, -0.05) is 48.0 Å². The fourth-order valence-corrected chi connectivity index (χ4v) is 6.29. The van der Waals surface area contributed by atoms with Gasteiger partial charge in [0.05, 0.1) is 30.3 Å². The summed E-state index contributed by atoms with van der Waals surface area (Å²) in [6, 6.07) is 16.1. The number of ether oxygens (including phenoxy) is 1. The molecule has 1 atom stereocenters. The lowest BCUT2D eigenvalue weighted by Crippen LogP contribution is -2.37. The quantitative estimate of drug-likeness (QED) is 0.415. The van der Waals surface area contributed by atoms with Gasteiger partial charge in [0.15, 0.2) is 0 Å². The standard InChI is InChI=1S/C26H28ClN3O4S/c27-21-9-4-8-20(14-21)25(31)29(17-24-10-5-13-34-24)16-23-15-28-26(30(23)22-11-12-22)35(32,33)18-19-6-2-1-3-7-19/h1-4,6-9,14-15,22,24H,5,10-13,16-18H2/t24-/m0/s1. The Hall–Kier alpha value is -2.68. The van der Waals surface area contributed by atoms with Gasteiger partial charge in [-0.15, -0.1) is 0 Å². The fraction of sp³-hybridized carbons (Fsp3) is 0.385. The Kier molecular flexibility index (Phi) is 6.95. The van der Waals surface area contributed by atoms with Gasteiger partial charge in [0, 0.05) is 29.8 Å². The minimum atomic E-state index is -3.66. The van der Waals surface area contributed by atoms with Gasteiger partial charge >= 0.3 is 0 Å². The van der Waals surface area contributed by atoms with Crippen molar-refractivity contribution in [2.24, 2.45) is 0 Å². The molecule has 0 N–H and O–H groups in total. The second-order valence-electron chi connectivity index (χ2n) is 9.21. The zero-order valence-corrected chi connectivity index (χ0v) is 20.9. The second-order valence-corrected chi connectivity index (χ2v) is 11.5. The lowest BCUT2D eigenvalue weighted by Gasteiger charge is -2.26. The average molecular weight is 514 g/mol. The van der Waals surface area contributed by atoms with Crippen LogP contribution in [0.25, 0.3) is 0 Å². The molecule has 7 nitrogen and oxygen atoms in total. The second kappa shape index (κ2) is 10.1. The van der Waals surface area contributed by atoms with Crippen LogP contribution in [0.15, 0.2) is 66.0 Å². The van der Waals surface area contributed by atoms with E-state index in [1.165, 1.54) is 0 Å². The molecule has 184 valence electrons. The highest BCUT2D eigenvalue weighted by molar-refractivity contribution is 7.90. The monoisotopic (exact) mass is 513 g/mol. The van der Waals surface area contributed by atoms with Crippen molar-refractivity contribution in [1.29, 1.82) is 0 Å². The minimum Gasteiger partial charge on any atom is -0.376 e. The molecule has 2 heterocycles. The number of halogens is 1. The van der Waals surface area contributed by atoms with Gasteiger partial charge in [0.2, 0.25) is 15.0 Å². The summed E-state index contributed by atoms with van der Waals surface area (Å²) in [5.74, 6) is -0.279. The van der Waals surface area contributed by atoms with Crippen molar-refractivity contribution in [3.8, 4) is 0 Å². The normalized spacial score (nSPS) is 18.0. The first kappa shape index (κ1) is 24.0. The number of rotatable bonds is 9. The van der Waals surface area contributed by atoms with Crippen molar-refractivity contribution >= 4 is 27.3 Å². The Morgan fingerprint density at radius 2 is 1.91 bits per heavy atom. The molecule has 35 heavy (non-hydrogen) atoms. The maximum atomic E-state index is 13.5. The Bertz CT molecular complexity index is 1300. The molecule has 9 heteroatoms. The summed E-state index contributed by atoms with van der Waals surface area (Å²) in [6.45, 7) is 1.36. The number of sulfone groups is 1. The number of carbonyl (C=O) groups is 1. The summed E-state index contributed by atoms with van der Waals surface area (Å²) in [5, 5.41) is 0.566. The van der Waals surface area contributed by atoms with Crippen LogP contribution in [-0.2, 0) is 26.9 Å². The molecule has 1 amide bonds. The van der Waals surface area contributed by atoms with Crippen LogP contribution in [0.1, 0.15) is 53.3 Å². The van der Waals surface area contributed by atoms with Crippen LogP contribution in [0, 0.1) is 0 Å². The van der Waals surface area contributed by atoms with Crippen molar-refractivity contribution in [2.45, 2.75) is 55.3 Å². The summed E-state index contributed by atoms with van der Waals surface area (Å²) < 4.78 is 34.3. The number of benzene rings is 2. The number of amides is 1. The Balaban J connectivity index is 1.45. The molecule has 1 aliphatic carbocycles. The molecule has 0 spiro atoms. The van der Waals surface area contributed by atoms with E-state index >= 15 is 0 Å². The van der Waals surface area contributed by atoms with E-state index < -0.39 is 9.84 Å². The summed E-state index contributed by atoms with van der Waals surface area (Å²) in [6.07, 6.45) is 5.20. The van der Waals surface area contributed by atoms with Crippen LogP contribution in [0.4, 0.5) is 0 Å². The lowest BCUT2D eigenvalue weighted by atomic mass is 10.1. The predicted octanol–water partition coefficient (Wildman–Crippen LogP) is 4.67. The molecule has 1 saturated heterocycles. The van der Waals surface area contributed by atoms with Crippen LogP contribution in [0.2, 0.25) is 5.02 Å². The van der Waals surface area contributed by atoms with Crippen molar-refractivity contribution in [3.05, 3.63) is 82.6 Å². The van der Waals surface area contributed by atoms with Gasteiger partial charge in [-0.2, -0.15) is 0 Å². The number of aromatic nitrogens is 2. The SMILES string of the molecule is O=C(c1cccc(Cl)c1)N(Cc1cnc(S(=O)(=O)Cc2ccccc2)n1C1CC1)C[C@@H]1CCCO1. The van der Waals surface area contributed by atoms with E-state index in [2.05, 4.69) is 4.98 Å². The van der Waals surface area contributed by atoms with E-state index in [9.17, 15) is 13.2 Å². The van der Waals surface area contributed by atoms with Gasteiger partial charge in [-0.25, -0.2) is 13.4 Å². The highest BCUT2D eigenvalue weighted by Gasteiger charge is 2.34. The lowest BCUT2D eigenvalue weighted by molar-refractivity contribution is 0.0501. The van der Waals surface area contributed by atoms with Crippen molar-refractivity contribution in [1.82, 2.24) is 14.5 Å². The van der Waals surface area contributed by atoms with Crippen LogP contribution >= 0.6 is 11.6 Å². The molecule has 0 bridgehead atoms. The fourth-order valence-electron chi connectivity index (χ4n) is 4.56. The zero-order valence-electron chi connectivity index (χ0n) is 19.3. The molecular weight excluding hydrogens is 486 g/mol. The third-order valence-corrected chi connectivity index (χ3v) is 8.20. The molecule has 2 aliphatic rings. The van der Waals surface area contributed by atoms with E-state index in [0.717, 1.165) is 31.2 Å². The van der Waals surface area contributed by atoms with Crippen LogP contribution in [0.3, 0.4) is 0 Å². The predicted molar refractivity (Wildman–Crippen MR) is 133 cm³/mol. The number of hydrogen-bond donors (Lipinski definition) is 0. The van der Waals surface area contributed by atoms with Crippen molar-refractivity contribution in [2.75, 3.05) is 13.2 Å². The van der Waals surface area contributed by atoms with Crippen LogP contribution in [-0.4, -0.2) is 48.0 Å². The summed E-state index contributed by atoms with van der Waals surface area (Å²) >= 11 is 6.14. The van der Waals surface area contributed by atoms with Crippen molar-refractivity contribution < 1.29 is 17.9 Å². The molecular formula is C26H28ClN3O4S. The molecule has 1 aliphatic heterocycles. The maximum absolute atomic E-state index is 13.5. The molecule has 1 aromatic heterocycles. The van der Waals surface area contributed by atoms with Crippen molar-refractivity contribution in [3.63, 3.8) is 0 Å². The largest absolute Gasteiger partial charge is 0.376 e. The first-order valence-corrected chi connectivity index (χ1v) is 13.9. The highest BCUT2D eigenvalue weighted by Crippen LogP contribution is 2.39. The Morgan fingerprint density at radius 1 is 1.11 bits per heavy atom. The Morgan fingerprint density at radius 3 is 2.60 bits per heavy atom. The molecule has 1 saturated carbocycles. The van der Waals surface area contributed by atoms with Gasteiger partial charge in [-0.3, -0.25) is 4.79 Å². The molecule has 5 rings (SSSR count). The van der Waals surface area contributed by atoms with E-state index in [0.29, 0.717) is 29.4 Å². The van der Waals surface area contributed by atoms with Gasteiger partial charge in [-0.05, 0) is 49.4 Å². The first-order chi connectivity index (χ1) is 16.9. The molecule has 0 radical (unpaired) electrons.